The predicted octanol–water partition coefficient (Wildman–Crippen LogP) is 0.491. The van der Waals surface area contributed by atoms with Crippen molar-refractivity contribution in [2.75, 3.05) is 27.2 Å². The number of ketones is 2. The molecule has 0 bridgehead atoms. The molecule has 4 aliphatic rings. The highest BCUT2D eigenvalue weighted by Gasteiger charge is 2.64. The minimum atomic E-state index is -2.64. The largest absolute Gasteiger partial charge is 0.508 e. The molecule has 11 nitrogen and oxygen atoms in total. The highest BCUT2D eigenvalue weighted by Crippen LogP contribution is 2.53. The van der Waals surface area contributed by atoms with E-state index in [0.717, 1.165) is 24.9 Å². The van der Waals surface area contributed by atoms with Gasteiger partial charge in [-0.15, -0.1) is 0 Å². The molecule has 1 amide bonds. The van der Waals surface area contributed by atoms with Gasteiger partial charge in [-0.1, -0.05) is 6.07 Å². The van der Waals surface area contributed by atoms with Crippen molar-refractivity contribution in [3.63, 3.8) is 0 Å². The fourth-order valence-corrected chi connectivity index (χ4v) is 6.42. The fourth-order valence-electron chi connectivity index (χ4n) is 6.42. The number of phenols is 1. The van der Waals surface area contributed by atoms with Crippen LogP contribution in [0.3, 0.4) is 0 Å². The third kappa shape index (κ3) is 3.68. The van der Waals surface area contributed by atoms with Crippen LogP contribution in [0.1, 0.15) is 36.0 Å². The number of hydroxylamine groups is 2. The van der Waals surface area contributed by atoms with Crippen molar-refractivity contribution < 1.29 is 39.6 Å². The van der Waals surface area contributed by atoms with Crippen LogP contribution < -0.4 is 5.73 Å². The van der Waals surface area contributed by atoms with Gasteiger partial charge in [-0.3, -0.25) is 24.1 Å². The van der Waals surface area contributed by atoms with E-state index in [0.29, 0.717) is 18.7 Å². The van der Waals surface area contributed by atoms with Crippen LogP contribution >= 0.6 is 0 Å². The van der Waals surface area contributed by atoms with E-state index >= 15 is 0 Å². The van der Waals surface area contributed by atoms with Gasteiger partial charge in [0.2, 0.25) is 5.78 Å². The lowest BCUT2D eigenvalue weighted by atomic mass is 9.57. The lowest BCUT2D eigenvalue weighted by Gasteiger charge is -2.50. The van der Waals surface area contributed by atoms with Crippen LogP contribution in [0.5, 0.6) is 5.75 Å². The molecule has 2 fully saturated rings. The highest BCUT2D eigenvalue weighted by atomic mass is 16.7. The number of benzene rings is 1. The normalized spacial score (nSPS) is 30.3. The maximum atomic E-state index is 13.8. The lowest BCUT2D eigenvalue weighted by molar-refractivity contribution is -0.187. The van der Waals surface area contributed by atoms with Gasteiger partial charge in [0.15, 0.2) is 11.4 Å². The van der Waals surface area contributed by atoms with Crippen LogP contribution in [0, 0.1) is 11.8 Å². The first-order valence-electron chi connectivity index (χ1n) is 12.3. The van der Waals surface area contributed by atoms with Gasteiger partial charge < -0.3 is 26.2 Å². The Morgan fingerprint density at radius 1 is 1.22 bits per heavy atom. The van der Waals surface area contributed by atoms with Crippen LogP contribution in [0.4, 0.5) is 0 Å². The molecule has 1 heterocycles. The molecule has 198 valence electrons. The Bertz CT molecular complexity index is 1260. The number of likely N-dealkylation sites (N-methyl/N-ethyl adjacent to an activating group) is 1. The second-order valence-corrected chi connectivity index (χ2v) is 10.5. The van der Waals surface area contributed by atoms with E-state index in [-0.39, 0.29) is 29.7 Å². The molecule has 4 atom stereocenters. The summed E-state index contributed by atoms with van der Waals surface area (Å²) >= 11 is 0. The maximum absolute atomic E-state index is 13.8. The number of nitrogens with two attached hydrogens (primary N) is 1. The Labute approximate surface area is 213 Å². The number of carbonyl (C=O) groups is 3. The van der Waals surface area contributed by atoms with E-state index < -0.39 is 58.0 Å². The molecule has 5 rings (SSSR count). The Kier molecular flexibility index (Phi) is 6.14. The van der Waals surface area contributed by atoms with Crippen LogP contribution in [0.15, 0.2) is 29.0 Å². The Morgan fingerprint density at radius 3 is 2.57 bits per heavy atom. The molecule has 2 unspecified atom stereocenters. The first kappa shape index (κ1) is 25.4. The lowest BCUT2D eigenvalue weighted by Crippen LogP contribution is -2.65. The summed E-state index contributed by atoms with van der Waals surface area (Å²) < 4.78 is 0. The number of aliphatic hydroxyl groups is 3. The van der Waals surface area contributed by atoms with Gasteiger partial charge in [0.1, 0.15) is 22.8 Å². The van der Waals surface area contributed by atoms with Crippen molar-refractivity contribution in [3.05, 3.63) is 45.7 Å². The number of rotatable bonds is 4. The smallest absolute Gasteiger partial charge is 0.255 e. The predicted molar refractivity (Wildman–Crippen MR) is 130 cm³/mol. The summed E-state index contributed by atoms with van der Waals surface area (Å²) in [6, 6.07) is 2.08. The number of hydrogen-bond donors (Lipinski definition) is 5. The van der Waals surface area contributed by atoms with Crippen molar-refractivity contribution in [2.24, 2.45) is 17.6 Å². The number of fused-ring (bicyclic) bond motifs is 3. The van der Waals surface area contributed by atoms with Gasteiger partial charge in [0.05, 0.1) is 18.2 Å². The third-order valence-corrected chi connectivity index (χ3v) is 8.12. The molecule has 0 aromatic heterocycles. The average Bonchev–Trinajstić information content (AvgIpc) is 2.83. The molecular formula is C26H31N3O8. The van der Waals surface area contributed by atoms with Gasteiger partial charge >= 0.3 is 0 Å². The SMILES string of the molecule is CN(C)[C@@H]1C(=O)C(C(N)=O)=C(O)[C@@]2(O)C(=O)C3=C(O)c4c(O)ccc(CN5CCCCO5)c4CC3CC12. The zero-order valence-corrected chi connectivity index (χ0v) is 20.7. The Hall–Kier alpha value is -3.25. The van der Waals surface area contributed by atoms with Crippen molar-refractivity contribution >= 4 is 23.2 Å². The van der Waals surface area contributed by atoms with Crippen LogP contribution in [-0.4, -0.2) is 86.8 Å². The van der Waals surface area contributed by atoms with Gasteiger partial charge in [-0.2, -0.15) is 5.06 Å². The molecule has 1 aromatic carbocycles. The number of aliphatic hydroxyl groups excluding tert-OH is 2. The van der Waals surface area contributed by atoms with E-state index in [4.69, 9.17) is 10.6 Å². The van der Waals surface area contributed by atoms with Gasteiger partial charge in [0, 0.05) is 24.6 Å². The second-order valence-electron chi connectivity index (χ2n) is 10.5. The van der Waals surface area contributed by atoms with E-state index in [1.807, 2.05) is 5.06 Å². The first-order valence-corrected chi connectivity index (χ1v) is 12.3. The van der Waals surface area contributed by atoms with Crippen molar-refractivity contribution in [1.29, 1.82) is 0 Å². The van der Waals surface area contributed by atoms with E-state index in [1.165, 1.54) is 11.0 Å². The number of primary amides is 1. The number of amides is 1. The van der Waals surface area contributed by atoms with E-state index in [9.17, 15) is 34.8 Å². The summed E-state index contributed by atoms with van der Waals surface area (Å²) in [6.07, 6.45) is 2.26. The number of Topliss-reactive ketones (excluding diaryl/α,β-unsaturated/α-hetero) is 2. The molecule has 1 saturated heterocycles. The first-order chi connectivity index (χ1) is 17.5. The minimum absolute atomic E-state index is 0.0566. The number of carbonyl (C=O) groups excluding carboxylic acids is 3. The molecule has 0 radical (unpaired) electrons. The third-order valence-electron chi connectivity index (χ3n) is 8.12. The highest BCUT2D eigenvalue weighted by molar-refractivity contribution is 6.24. The topological polar surface area (TPSA) is 174 Å². The maximum Gasteiger partial charge on any atom is 0.255 e. The summed E-state index contributed by atoms with van der Waals surface area (Å²) in [7, 11) is 3.14. The van der Waals surface area contributed by atoms with Gasteiger partial charge in [-0.05, 0) is 62.9 Å². The van der Waals surface area contributed by atoms with Gasteiger partial charge in [0.25, 0.3) is 5.91 Å². The van der Waals surface area contributed by atoms with E-state index in [1.54, 1.807) is 20.2 Å². The Balaban J connectivity index is 1.65. The quantitative estimate of drug-likeness (QED) is 0.357. The second kappa shape index (κ2) is 8.95. The number of aromatic hydroxyl groups is 1. The molecule has 1 aromatic rings. The summed E-state index contributed by atoms with van der Waals surface area (Å²) in [4.78, 5) is 46.3. The average molecular weight is 514 g/mol. The van der Waals surface area contributed by atoms with Gasteiger partial charge in [-0.25, -0.2) is 0 Å². The molecule has 37 heavy (non-hydrogen) atoms. The molecular weight excluding hydrogens is 482 g/mol. The van der Waals surface area contributed by atoms with Crippen molar-refractivity contribution in [1.82, 2.24) is 9.96 Å². The molecule has 0 spiro atoms. The minimum Gasteiger partial charge on any atom is -0.508 e. The molecule has 1 aliphatic heterocycles. The zero-order chi connectivity index (χ0) is 26.8. The fraction of sp³-hybridized carbons (Fsp3) is 0.500. The standard InChI is InChI=1S/C26H31N3O8/c1-28(2)20-15-10-13-9-14-12(11-29-7-3-4-8-37-29)5-6-16(30)18(14)21(31)17(13)23(33)26(15,36)24(34)19(22(20)32)25(27)35/h5-6,13,15,20,30-31,34,36H,3-4,7-11H2,1-2H3,(H2,27,35)/t13?,15?,20-,26-/m0/s1. The monoisotopic (exact) mass is 513 g/mol. The summed E-state index contributed by atoms with van der Waals surface area (Å²) in [5.41, 5.74) is 3.28. The molecule has 11 heteroatoms. The number of phenolic OH excluding ortho intramolecular Hbond substituents is 1. The summed E-state index contributed by atoms with van der Waals surface area (Å²) in [5.74, 6) is -6.57. The van der Waals surface area contributed by atoms with Crippen molar-refractivity contribution in [3.8, 4) is 5.75 Å². The van der Waals surface area contributed by atoms with Crippen LogP contribution in [0.25, 0.3) is 5.76 Å². The van der Waals surface area contributed by atoms with E-state index in [2.05, 4.69) is 0 Å². The molecule has 3 aliphatic carbocycles. The van der Waals surface area contributed by atoms with Crippen LogP contribution in [0.2, 0.25) is 0 Å². The Morgan fingerprint density at radius 2 is 1.95 bits per heavy atom. The molecule has 1 saturated carbocycles. The number of hydrogen-bond acceptors (Lipinski definition) is 10. The van der Waals surface area contributed by atoms with Crippen molar-refractivity contribution in [2.45, 2.75) is 43.9 Å². The zero-order valence-electron chi connectivity index (χ0n) is 20.7. The summed E-state index contributed by atoms with van der Waals surface area (Å²) in [5, 5.41) is 46.3. The van der Waals surface area contributed by atoms with Crippen LogP contribution in [-0.2, 0) is 32.2 Å². The summed E-state index contributed by atoms with van der Waals surface area (Å²) in [6.45, 7) is 1.76. The number of nitrogens with zero attached hydrogens (tertiary/aromatic N) is 2. The molecule has 6 N–H and O–H groups in total.